The van der Waals surface area contributed by atoms with Crippen LogP contribution in [-0.2, 0) is 6.18 Å². The second-order valence-electron chi connectivity index (χ2n) is 6.73. The van der Waals surface area contributed by atoms with Gasteiger partial charge in [0, 0.05) is 30.0 Å². The van der Waals surface area contributed by atoms with Crippen LogP contribution < -0.4 is 10.2 Å². The van der Waals surface area contributed by atoms with Crippen LogP contribution in [0.5, 0.6) is 0 Å². The van der Waals surface area contributed by atoms with Crippen LogP contribution in [-0.4, -0.2) is 24.0 Å². The van der Waals surface area contributed by atoms with E-state index in [0.717, 1.165) is 43.8 Å². The van der Waals surface area contributed by atoms with E-state index in [1.54, 1.807) is 12.1 Å². The number of hydrogen-bond acceptors (Lipinski definition) is 3. The van der Waals surface area contributed by atoms with E-state index in [-0.39, 0.29) is 16.4 Å². The highest BCUT2D eigenvalue weighted by Crippen LogP contribution is 2.36. The summed E-state index contributed by atoms with van der Waals surface area (Å²) in [4.78, 5) is 18.7. The van der Waals surface area contributed by atoms with Gasteiger partial charge in [0.05, 0.1) is 11.3 Å². The number of halogens is 4. The molecule has 1 fully saturated rings. The number of alkyl halides is 3. The maximum absolute atomic E-state index is 13.2. The lowest BCUT2D eigenvalue weighted by Gasteiger charge is -2.32. The van der Waals surface area contributed by atoms with Crippen molar-refractivity contribution in [3.05, 3.63) is 52.8 Å². The van der Waals surface area contributed by atoms with Crippen molar-refractivity contribution in [2.24, 2.45) is 5.92 Å². The average molecular weight is 398 g/mol. The molecule has 0 bridgehead atoms. The first-order chi connectivity index (χ1) is 12.7. The molecule has 2 aromatic rings. The van der Waals surface area contributed by atoms with Gasteiger partial charge in [0.25, 0.3) is 5.91 Å². The molecular weight excluding hydrogens is 379 g/mol. The molecule has 1 amide bonds. The number of rotatable bonds is 3. The summed E-state index contributed by atoms with van der Waals surface area (Å²) in [6.07, 6.45) is -0.917. The zero-order valence-corrected chi connectivity index (χ0v) is 15.4. The molecule has 3 rings (SSSR count). The minimum atomic E-state index is -4.63. The molecule has 0 spiro atoms. The number of nitrogens with one attached hydrogen (secondary N) is 1. The Morgan fingerprint density at radius 3 is 2.78 bits per heavy atom. The molecule has 1 aliphatic heterocycles. The van der Waals surface area contributed by atoms with E-state index in [0.29, 0.717) is 5.92 Å². The van der Waals surface area contributed by atoms with E-state index in [4.69, 9.17) is 11.6 Å². The Hall–Kier alpha value is -2.28. The first-order valence-electron chi connectivity index (χ1n) is 8.63. The van der Waals surface area contributed by atoms with E-state index < -0.39 is 17.6 Å². The maximum atomic E-state index is 13.2. The highest BCUT2D eigenvalue weighted by molar-refractivity contribution is 6.30. The molecule has 8 heteroatoms. The third kappa shape index (κ3) is 4.71. The Bertz CT molecular complexity index is 841. The van der Waals surface area contributed by atoms with E-state index in [2.05, 4.69) is 22.1 Å². The number of nitrogens with zero attached hydrogens (tertiary/aromatic N) is 2. The molecule has 144 valence electrons. The fourth-order valence-electron chi connectivity index (χ4n) is 3.21. The molecule has 0 saturated carbocycles. The second kappa shape index (κ2) is 7.76. The monoisotopic (exact) mass is 397 g/mol. The fourth-order valence-corrected chi connectivity index (χ4v) is 3.38. The van der Waals surface area contributed by atoms with Crippen LogP contribution in [0.1, 0.15) is 35.8 Å². The molecule has 27 heavy (non-hydrogen) atoms. The highest BCUT2D eigenvalue weighted by atomic mass is 35.5. The Morgan fingerprint density at radius 2 is 2.07 bits per heavy atom. The Balaban J connectivity index is 1.82. The number of amides is 1. The minimum absolute atomic E-state index is 0.0559. The summed E-state index contributed by atoms with van der Waals surface area (Å²) in [7, 11) is 0. The predicted molar refractivity (Wildman–Crippen MR) is 99.3 cm³/mol. The number of hydrogen-bond donors (Lipinski definition) is 1. The third-order valence-electron chi connectivity index (χ3n) is 4.53. The van der Waals surface area contributed by atoms with Crippen molar-refractivity contribution in [3.63, 3.8) is 0 Å². The number of aromatic nitrogens is 1. The highest BCUT2D eigenvalue weighted by Gasteiger charge is 2.34. The number of carbonyl (C=O) groups is 1. The maximum Gasteiger partial charge on any atom is 0.418 e. The molecule has 1 atom stereocenters. The smallest absolute Gasteiger partial charge is 0.371 e. The number of pyridine rings is 1. The lowest BCUT2D eigenvalue weighted by Crippen LogP contribution is -2.34. The number of piperidine rings is 1. The third-order valence-corrected chi connectivity index (χ3v) is 4.77. The zero-order chi connectivity index (χ0) is 19.6. The molecule has 2 heterocycles. The zero-order valence-electron chi connectivity index (χ0n) is 14.7. The molecular formula is C19H19ClF3N3O. The molecule has 1 N–H and O–H groups in total. The number of carbonyl (C=O) groups excluding carboxylic acids is 1. The van der Waals surface area contributed by atoms with Crippen molar-refractivity contribution in [2.45, 2.75) is 25.9 Å². The minimum Gasteiger partial charge on any atom is -0.371 e. The Labute approximate surface area is 160 Å². The predicted octanol–water partition coefficient (Wildman–Crippen LogP) is 5.24. The normalized spacial score (nSPS) is 17.7. The largest absolute Gasteiger partial charge is 0.418 e. The Kier molecular flexibility index (Phi) is 5.60. The fraction of sp³-hybridized carbons (Fsp3) is 0.368. The van der Waals surface area contributed by atoms with E-state index >= 15 is 0 Å². The van der Waals surface area contributed by atoms with Crippen molar-refractivity contribution < 1.29 is 18.0 Å². The molecule has 0 aliphatic carbocycles. The first kappa shape index (κ1) is 19.5. The van der Waals surface area contributed by atoms with Gasteiger partial charge in [-0.3, -0.25) is 9.78 Å². The van der Waals surface area contributed by atoms with Crippen LogP contribution in [0, 0.1) is 5.92 Å². The van der Waals surface area contributed by atoms with Gasteiger partial charge < -0.3 is 10.2 Å². The van der Waals surface area contributed by atoms with Crippen LogP contribution in [0.2, 0.25) is 5.02 Å². The van der Waals surface area contributed by atoms with Crippen molar-refractivity contribution in [3.8, 4) is 0 Å². The summed E-state index contributed by atoms with van der Waals surface area (Å²) in [6, 6.07) is 6.63. The van der Waals surface area contributed by atoms with Gasteiger partial charge in [0.1, 0.15) is 5.69 Å². The van der Waals surface area contributed by atoms with Crippen LogP contribution in [0.25, 0.3) is 0 Å². The van der Waals surface area contributed by atoms with E-state index in [1.165, 1.54) is 12.3 Å². The first-order valence-corrected chi connectivity index (χ1v) is 9.01. The summed E-state index contributed by atoms with van der Waals surface area (Å²) in [5.41, 5.74) is -0.442. The van der Waals surface area contributed by atoms with Crippen LogP contribution in [0.15, 0.2) is 36.5 Å². The van der Waals surface area contributed by atoms with Gasteiger partial charge in [-0.25, -0.2) is 0 Å². The van der Waals surface area contributed by atoms with Gasteiger partial charge in [-0.1, -0.05) is 18.5 Å². The summed E-state index contributed by atoms with van der Waals surface area (Å²) in [5.74, 6) is -0.151. The van der Waals surface area contributed by atoms with Gasteiger partial charge in [-0.05, 0) is 49.1 Å². The molecule has 1 aromatic heterocycles. The average Bonchev–Trinajstić information content (AvgIpc) is 2.62. The topological polar surface area (TPSA) is 45.2 Å². The lowest BCUT2D eigenvalue weighted by molar-refractivity contribution is -0.136. The summed E-state index contributed by atoms with van der Waals surface area (Å²) in [6.45, 7) is 3.92. The summed E-state index contributed by atoms with van der Waals surface area (Å²) in [5, 5.41) is 2.25. The Morgan fingerprint density at radius 1 is 1.30 bits per heavy atom. The molecule has 1 aromatic carbocycles. The van der Waals surface area contributed by atoms with Crippen molar-refractivity contribution >= 4 is 28.9 Å². The second-order valence-corrected chi connectivity index (χ2v) is 7.17. The van der Waals surface area contributed by atoms with Gasteiger partial charge in [-0.15, -0.1) is 0 Å². The SMILES string of the molecule is CC1CCCN(c2ccnc(C(=O)Nc3ccc(Cl)cc3C(F)(F)F)c2)C1. The van der Waals surface area contributed by atoms with E-state index in [9.17, 15) is 18.0 Å². The lowest BCUT2D eigenvalue weighted by atomic mass is 10.00. The molecule has 0 radical (unpaired) electrons. The quantitative estimate of drug-likeness (QED) is 0.770. The van der Waals surface area contributed by atoms with Crippen LogP contribution in [0.3, 0.4) is 0 Å². The van der Waals surface area contributed by atoms with Crippen molar-refractivity contribution in [1.29, 1.82) is 0 Å². The number of benzene rings is 1. The van der Waals surface area contributed by atoms with Gasteiger partial charge >= 0.3 is 6.18 Å². The molecule has 4 nitrogen and oxygen atoms in total. The van der Waals surface area contributed by atoms with Gasteiger partial charge in [0.15, 0.2) is 0 Å². The molecule has 1 aliphatic rings. The summed E-state index contributed by atoms with van der Waals surface area (Å²) < 4.78 is 39.6. The van der Waals surface area contributed by atoms with Gasteiger partial charge in [0.2, 0.25) is 0 Å². The summed E-state index contributed by atoms with van der Waals surface area (Å²) >= 11 is 5.66. The molecule has 1 unspecified atom stereocenters. The van der Waals surface area contributed by atoms with Crippen molar-refractivity contribution in [2.75, 3.05) is 23.3 Å². The number of anilines is 2. The van der Waals surface area contributed by atoms with Gasteiger partial charge in [-0.2, -0.15) is 13.2 Å². The van der Waals surface area contributed by atoms with Crippen molar-refractivity contribution in [1.82, 2.24) is 4.98 Å². The molecule has 1 saturated heterocycles. The van der Waals surface area contributed by atoms with Crippen LogP contribution >= 0.6 is 11.6 Å². The standard InChI is InChI=1S/C19H19ClF3N3O/c1-12-3-2-8-26(11-12)14-6-7-24-17(10-14)18(27)25-16-5-4-13(20)9-15(16)19(21,22)23/h4-7,9-10,12H,2-3,8,11H2,1H3,(H,25,27). The van der Waals surface area contributed by atoms with Crippen LogP contribution in [0.4, 0.5) is 24.5 Å². The van der Waals surface area contributed by atoms with E-state index in [1.807, 2.05) is 0 Å².